The lowest BCUT2D eigenvalue weighted by Crippen LogP contribution is -2.40. The zero-order valence-electron chi connectivity index (χ0n) is 15.6. The Morgan fingerprint density at radius 2 is 2.00 bits per heavy atom. The molecule has 1 heterocycles. The highest BCUT2D eigenvalue weighted by Gasteiger charge is 2.26. The molecule has 1 aromatic carbocycles. The van der Waals surface area contributed by atoms with Crippen LogP contribution in [-0.4, -0.2) is 35.2 Å². The van der Waals surface area contributed by atoms with Crippen LogP contribution in [0.2, 0.25) is 0 Å². The SMILES string of the molecule is CC(C)(N)CCNc1cccc2c1CN(C(=O)OC(C)(C)C)CC2. The molecule has 1 aliphatic heterocycles. The Morgan fingerprint density at radius 1 is 1.29 bits per heavy atom. The predicted molar refractivity (Wildman–Crippen MR) is 98.2 cm³/mol. The number of amides is 1. The van der Waals surface area contributed by atoms with E-state index in [0.717, 1.165) is 25.1 Å². The molecule has 5 heteroatoms. The third-order valence-corrected chi connectivity index (χ3v) is 4.01. The highest BCUT2D eigenvalue weighted by molar-refractivity contribution is 5.69. The Morgan fingerprint density at radius 3 is 2.62 bits per heavy atom. The minimum absolute atomic E-state index is 0.190. The first-order valence-corrected chi connectivity index (χ1v) is 8.67. The summed E-state index contributed by atoms with van der Waals surface area (Å²) in [7, 11) is 0. The van der Waals surface area contributed by atoms with Crippen molar-refractivity contribution in [2.75, 3.05) is 18.4 Å². The zero-order valence-corrected chi connectivity index (χ0v) is 15.6. The fourth-order valence-electron chi connectivity index (χ4n) is 2.75. The van der Waals surface area contributed by atoms with Crippen LogP contribution in [-0.2, 0) is 17.7 Å². The van der Waals surface area contributed by atoms with Crippen molar-refractivity contribution in [2.45, 2.75) is 65.1 Å². The number of rotatable bonds is 4. The van der Waals surface area contributed by atoms with Gasteiger partial charge in [0.05, 0.1) is 6.54 Å². The average Bonchev–Trinajstić information content (AvgIpc) is 2.44. The lowest BCUT2D eigenvalue weighted by molar-refractivity contribution is 0.0224. The lowest BCUT2D eigenvalue weighted by Gasteiger charge is -2.32. The van der Waals surface area contributed by atoms with Gasteiger partial charge >= 0.3 is 6.09 Å². The second kappa shape index (κ2) is 7.01. The Labute approximate surface area is 145 Å². The van der Waals surface area contributed by atoms with Crippen molar-refractivity contribution in [1.29, 1.82) is 0 Å². The summed E-state index contributed by atoms with van der Waals surface area (Å²) in [6.07, 6.45) is 1.49. The first-order valence-electron chi connectivity index (χ1n) is 8.67. The largest absolute Gasteiger partial charge is 0.444 e. The molecule has 1 amide bonds. The van der Waals surface area contributed by atoms with Crippen LogP contribution in [0.1, 0.15) is 52.2 Å². The van der Waals surface area contributed by atoms with E-state index >= 15 is 0 Å². The van der Waals surface area contributed by atoms with E-state index in [1.165, 1.54) is 11.1 Å². The molecule has 0 saturated heterocycles. The Kier molecular flexibility index (Phi) is 5.43. The van der Waals surface area contributed by atoms with Gasteiger partial charge in [-0.3, -0.25) is 0 Å². The highest BCUT2D eigenvalue weighted by atomic mass is 16.6. The third-order valence-electron chi connectivity index (χ3n) is 4.01. The summed E-state index contributed by atoms with van der Waals surface area (Å²) in [5.74, 6) is 0. The average molecular weight is 333 g/mol. The van der Waals surface area contributed by atoms with Crippen molar-refractivity contribution in [3.63, 3.8) is 0 Å². The number of hydrogen-bond acceptors (Lipinski definition) is 4. The maximum Gasteiger partial charge on any atom is 0.410 e. The van der Waals surface area contributed by atoms with Crippen molar-refractivity contribution in [1.82, 2.24) is 4.90 Å². The van der Waals surface area contributed by atoms with Crippen LogP contribution in [0, 0.1) is 0 Å². The second-order valence-corrected chi connectivity index (χ2v) is 8.26. The smallest absolute Gasteiger partial charge is 0.410 e. The van der Waals surface area contributed by atoms with Gasteiger partial charge in [0.1, 0.15) is 5.60 Å². The van der Waals surface area contributed by atoms with Crippen molar-refractivity contribution in [2.24, 2.45) is 5.73 Å². The number of carbonyl (C=O) groups is 1. The number of ether oxygens (including phenoxy) is 1. The third kappa shape index (κ3) is 5.41. The number of nitrogens with one attached hydrogen (secondary N) is 1. The van der Waals surface area contributed by atoms with Gasteiger partial charge in [0.25, 0.3) is 0 Å². The van der Waals surface area contributed by atoms with Crippen molar-refractivity contribution in [3.8, 4) is 0 Å². The molecular weight excluding hydrogens is 302 g/mol. The summed E-state index contributed by atoms with van der Waals surface area (Å²) in [6.45, 7) is 11.8. The van der Waals surface area contributed by atoms with Gasteiger partial charge in [-0.25, -0.2) is 4.79 Å². The number of hydrogen-bond donors (Lipinski definition) is 2. The van der Waals surface area contributed by atoms with E-state index in [1.807, 2.05) is 34.6 Å². The van der Waals surface area contributed by atoms with Crippen molar-refractivity contribution >= 4 is 11.8 Å². The molecule has 0 atom stereocenters. The second-order valence-electron chi connectivity index (χ2n) is 8.26. The number of nitrogens with zero attached hydrogens (tertiary/aromatic N) is 1. The Bertz CT molecular complexity index is 585. The van der Waals surface area contributed by atoms with Crippen LogP contribution in [0.25, 0.3) is 0 Å². The van der Waals surface area contributed by atoms with Gasteiger partial charge in [0.15, 0.2) is 0 Å². The van der Waals surface area contributed by atoms with Crippen LogP contribution in [0.3, 0.4) is 0 Å². The maximum atomic E-state index is 12.3. The van der Waals surface area contributed by atoms with E-state index in [2.05, 4.69) is 23.5 Å². The van der Waals surface area contributed by atoms with Gasteiger partial charge in [-0.15, -0.1) is 0 Å². The van der Waals surface area contributed by atoms with Crippen molar-refractivity contribution in [3.05, 3.63) is 29.3 Å². The summed E-state index contributed by atoms with van der Waals surface area (Å²) in [5, 5.41) is 3.48. The van der Waals surface area contributed by atoms with E-state index < -0.39 is 5.60 Å². The molecule has 3 N–H and O–H groups in total. The number of carbonyl (C=O) groups excluding carboxylic acids is 1. The monoisotopic (exact) mass is 333 g/mol. The van der Waals surface area contributed by atoms with E-state index in [4.69, 9.17) is 10.5 Å². The fourth-order valence-corrected chi connectivity index (χ4v) is 2.75. The molecular formula is C19H31N3O2. The van der Waals surface area contributed by atoms with Crippen LogP contribution >= 0.6 is 0 Å². The minimum Gasteiger partial charge on any atom is -0.444 e. The Hall–Kier alpha value is -1.75. The van der Waals surface area contributed by atoms with E-state index in [-0.39, 0.29) is 11.6 Å². The number of benzene rings is 1. The molecule has 1 aliphatic rings. The highest BCUT2D eigenvalue weighted by Crippen LogP contribution is 2.27. The molecule has 0 aromatic heterocycles. The molecule has 0 spiro atoms. The van der Waals surface area contributed by atoms with Crippen LogP contribution < -0.4 is 11.1 Å². The van der Waals surface area contributed by atoms with Gasteiger partial charge in [-0.1, -0.05) is 12.1 Å². The molecule has 0 radical (unpaired) electrons. The molecule has 134 valence electrons. The number of fused-ring (bicyclic) bond motifs is 1. The summed E-state index contributed by atoms with van der Waals surface area (Å²) in [6, 6.07) is 6.28. The molecule has 0 fully saturated rings. The van der Waals surface area contributed by atoms with Gasteiger partial charge in [-0.2, -0.15) is 0 Å². The molecule has 0 aliphatic carbocycles. The number of nitrogens with two attached hydrogens (primary N) is 1. The summed E-state index contributed by atoms with van der Waals surface area (Å²) in [4.78, 5) is 14.1. The normalized spacial score (nSPS) is 15.0. The maximum absolute atomic E-state index is 12.3. The summed E-state index contributed by atoms with van der Waals surface area (Å²) in [5.41, 5.74) is 8.96. The van der Waals surface area contributed by atoms with Gasteiger partial charge in [0.2, 0.25) is 0 Å². The van der Waals surface area contributed by atoms with E-state index in [1.54, 1.807) is 4.90 Å². The first kappa shape index (κ1) is 18.6. The zero-order chi connectivity index (χ0) is 18.0. The predicted octanol–water partition coefficient (Wildman–Crippen LogP) is 3.52. The van der Waals surface area contributed by atoms with Crippen LogP contribution in [0.5, 0.6) is 0 Å². The van der Waals surface area contributed by atoms with Gasteiger partial charge in [-0.05, 0) is 64.7 Å². The topological polar surface area (TPSA) is 67.6 Å². The molecule has 5 nitrogen and oxygen atoms in total. The van der Waals surface area contributed by atoms with Gasteiger partial charge in [0, 0.05) is 24.3 Å². The minimum atomic E-state index is -0.470. The molecule has 0 saturated carbocycles. The standard InChI is InChI=1S/C19H31N3O2/c1-18(2,3)24-17(23)22-12-9-14-7-6-8-16(15(14)13-22)21-11-10-19(4,5)20/h6-8,21H,9-13,20H2,1-5H3. The molecule has 0 unspecified atom stereocenters. The van der Waals surface area contributed by atoms with E-state index in [0.29, 0.717) is 13.1 Å². The molecule has 24 heavy (non-hydrogen) atoms. The van der Waals surface area contributed by atoms with E-state index in [9.17, 15) is 4.79 Å². The summed E-state index contributed by atoms with van der Waals surface area (Å²) < 4.78 is 5.51. The number of anilines is 1. The van der Waals surface area contributed by atoms with Crippen molar-refractivity contribution < 1.29 is 9.53 Å². The molecule has 1 aromatic rings. The first-order chi connectivity index (χ1) is 11.1. The fraction of sp³-hybridized carbons (Fsp3) is 0.632. The van der Waals surface area contributed by atoms with Gasteiger partial charge < -0.3 is 20.7 Å². The molecule has 2 rings (SSSR count). The molecule has 0 bridgehead atoms. The quantitative estimate of drug-likeness (QED) is 0.884. The Balaban J connectivity index is 2.07. The lowest BCUT2D eigenvalue weighted by atomic mass is 9.97. The summed E-state index contributed by atoms with van der Waals surface area (Å²) >= 11 is 0. The van der Waals surface area contributed by atoms with Crippen LogP contribution in [0.4, 0.5) is 10.5 Å². The van der Waals surface area contributed by atoms with Crippen LogP contribution in [0.15, 0.2) is 18.2 Å².